The van der Waals surface area contributed by atoms with Gasteiger partial charge in [0.15, 0.2) is 4.34 Å². The topological polar surface area (TPSA) is 76.7 Å². The number of rotatable bonds is 3. The summed E-state index contributed by atoms with van der Waals surface area (Å²) < 4.78 is 0.971. The van der Waals surface area contributed by atoms with Crippen molar-refractivity contribution in [1.29, 1.82) is 0 Å². The molecule has 2 heterocycles. The first-order valence-electron chi connectivity index (χ1n) is 4.59. The van der Waals surface area contributed by atoms with Gasteiger partial charge in [-0.15, -0.1) is 11.3 Å². The molecule has 0 aliphatic rings. The fourth-order valence-electron chi connectivity index (χ4n) is 1.13. The van der Waals surface area contributed by atoms with Crippen LogP contribution in [0.2, 0.25) is 0 Å². The van der Waals surface area contributed by atoms with Crippen molar-refractivity contribution in [2.45, 2.75) is 23.2 Å². The van der Waals surface area contributed by atoms with Crippen molar-refractivity contribution in [3.63, 3.8) is 0 Å². The Morgan fingerprint density at radius 1 is 1.25 bits per heavy atom. The number of anilines is 1. The molecule has 5 nitrogen and oxygen atoms in total. The smallest absolute Gasteiger partial charge is 0.238 e. The van der Waals surface area contributed by atoms with E-state index >= 15 is 0 Å². The third-order valence-corrected chi connectivity index (χ3v) is 3.72. The highest BCUT2D eigenvalue weighted by molar-refractivity contribution is 8.01. The summed E-state index contributed by atoms with van der Waals surface area (Å²) in [5.41, 5.74) is 4.34. The number of nitrogens with two attached hydrogens (primary N) is 1. The van der Waals surface area contributed by atoms with Crippen LogP contribution in [0.15, 0.2) is 20.8 Å². The number of aryl methyl sites for hydroxylation is 2. The highest BCUT2D eigenvalue weighted by atomic mass is 32.2. The molecule has 0 aliphatic carbocycles. The third-order valence-electron chi connectivity index (χ3n) is 1.75. The number of hydrazine groups is 1. The fraction of sp³-hybridized carbons (Fsp3) is 0.222. The molecule has 0 atom stereocenters. The summed E-state index contributed by atoms with van der Waals surface area (Å²) in [4.78, 5) is 12.7. The van der Waals surface area contributed by atoms with Gasteiger partial charge in [-0.05, 0) is 31.7 Å². The molecular weight excluding hydrogens is 242 g/mol. The van der Waals surface area contributed by atoms with Gasteiger partial charge in [-0.2, -0.15) is 0 Å². The summed E-state index contributed by atoms with van der Waals surface area (Å²) in [6.07, 6.45) is 0. The molecule has 0 saturated carbocycles. The van der Waals surface area contributed by atoms with E-state index in [0.717, 1.165) is 20.8 Å². The van der Waals surface area contributed by atoms with E-state index in [1.807, 2.05) is 25.3 Å². The van der Waals surface area contributed by atoms with Gasteiger partial charge in [-0.3, -0.25) is 5.43 Å². The van der Waals surface area contributed by atoms with E-state index in [1.54, 1.807) is 11.3 Å². The van der Waals surface area contributed by atoms with Crippen molar-refractivity contribution in [1.82, 2.24) is 15.0 Å². The van der Waals surface area contributed by atoms with E-state index in [-0.39, 0.29) is 0 Å². The van der Waals surface area contributed by atoms with Crippen LogP contribution < -0.4 is 11.3 Å². The Labute approximate surface area is 102 Å². The Morgan fingerprint density at radius 3 is 2.69 bits per heavy atom. The summed E-state index contributed by atoms with van der Waals surface area (Å²) in [7, 11) is 0. The number of nitrogens with one attached hydrogen (secondary N) is 1. The van der Waals surface area contributed by atoms with Crippen LogP contribution in [0.25, 0.3) is 0 Å². The predicted molar refractivity (Wildman–Crippen MR) is 65.6 cm³/mol. The molecule has 2 aromatic heterocycles. The average Bonchev–Trinajstić information content (AvgIpc) is 2.63. The van der Waals surface area contributed by atoms with Gasteiger partial charge >= 0.3 is 0 Å². The van der Waals surface area contributed by atoms with Crippen LogP contribution in [0.4, 0.5) is 5.95 Å². The lowest BCUT2D eigenvalue weighted by Gasteiger charge is -2.02. The lowest BCUT2D eigenvalue weighted by atomic mass is 10.5. The molecule has 7 heteroatoms. The molecule has 0 amide bonds. The minimum atomic E-state index is 0.427. The van der Waals surface area contributed by atoms with Crippen LogP contribution >= 0.6 is 23.1 Å². The van der Waals surface area contributed by atoms with Gasteiger partial charge in [-0.25, -0.2) is 20.8 Å². The maximum atomic E-state index is 5.29. The fourth-order valence-corrected chi connectivity index (χ4v) is 2.97. The Kier molecular flexibility index (Phi) is 3.37. The van der Waals surface area contributed by atoms with E-state index < -0.39 is 0 Å². The van der Waals surface area contributed by atoms with Gasteiger partial charge < -0.3 is 0 Å². The zero-order chi connectivity index (χ0) is 11.5. The molecular formula is C9H11N5S2. The molecule has 0 fully saturated rings. The van der Waals surface area contributed by atoms with Crippen LogP contribution in [0.3, 0.4) is 0 Å². The minimum Gasteiger partial charge on any atom is -0.292 e. The Morgan fingerprint density at radius 2 is 2.06 bits per heavy atom. The van der Waals surface area contributed by atoms with E-state index in [0.29, 0.717) is 5.95 Å². The normalized spacial score (nSPS) is 10.4. The summed E-state index contributed by atoms with van der Waals surface area (Å²) in [5.74, 6) is 5.71. The number of hydrogen-bond donors (Lipinski definition) is 2. The third kappa shape index (κ3) is 2.69. The monoisotopic (exact) mass is 253 g/mol. The van der Waals surface area contributed by atoms with Gasteiger partial charge in [-0.1, -0.05) is 0 Å². The molecule has 16 heavy (non-hydrogen) atoms. The second-order valence-electron chi connectivity index (χ2n) is 3.17. The molecule has 0 unspecified atom stereocenters. The van der Waals surface area contributed by atoms with Crippen molar-refractivity contribution < 1.29 is 0 Å². The number of thiazole rings is 1. The second kappa shape index (κ2) is 4.77. The highest BCUT2D eigenvalue weighted by Gasteiger charge is 2.05. The molecule has 0 radical (unpaired) electrons. The lowest BCUT2D eigenvalue weighted by Crippen LogP contribution is -2.11. The SMILES string of the molecule is Cc1cc(Sc2nc(C)cs2)nc(NN)n1. The molecule has 2 aromatic rings. The number of hydrogen-bond acceptors (Lipinski definition) is 7. The van der Waals surface area contributed by atoms with Gasteiger partial charge in [0.25, 0.3) is 0 Å². The molecule has 3 N–H and O–H groups in total. The number of nitrogens with zero attached hydrogens (tertiary/aromatic N) is 3. The Balaban J connectivity index is 2.24. The number of aromatic nitrogens is 3. The van der Waals surface area contributed by atoms with E-state index in [9.17, 15) is 0 Å². The van der Waals surface area contributed by atoms with Crippen molar-refractivity contribution in [3.05, 3.63) is 22.8 Å². The highest BCUT2D eigenvalue weighted by Crippen LogP contribution is 2.29. The standard InChI is InChI=1S/C9H11N5S2/c1-5-3-7(13-8(11-5)14-10)16-9-12-6(2)4-15-9/h3-4H,10H2,1-2H3,(H,11,13,14). The summed E-state index contributed by atoms with van der Waals surface area (Å²) in [6.45, 7) is 3.87. The Bertz CT molecular complexity index is 496. The molecule has 2 rings (SSSR count). The van der Waals surface area contributed by atoms with E-state index in [1.165, 1.54) is 11.8 Å². The zero-order valence-corrected chi connectivity index (χ0v) is 10.5. The van der Waals surface area contributed by atoms with Gasteiger partial charge in [0, 0.05) is 16.8 Å². The Hall–Kier alpha value is -1.18. The van der Waals surface area contributed by atoms with Gasteiger partial charge in [0.2, 0.25) is 5.95 Å². The molecule has 0 aliphatic heterocycles. The molecule has 0 saturated heterocycles. The quantitative estimate of drug-likeness (QED) is 0.495. The molecule has 0 bridgehead atoms. The van der Waals surface area contributed by atoms with E-state index in [2.05, 4.69) is 20.4 Å². The summed E-state index contributed by atoms with van der Waals surface area (Å²) in [5, 5.41) is 2.85. The zero-order valence-electron chi connectivity index (χ0n) is 8.89. The predicted octanol–water partition coefficient (Wildman–Crippen LogP) is 1.99. The van der Waals surface area contributed by atoms with Crippen molar-refractivity contribution in [2.24, 2.45) is 5.84 Å². The molecule has 0 spiro atoms. The second-order valence-corrected chi connectivity index (χ2v) is 5.30. The van der Waals surface area contributed by atoms with E-state index in [4.69, 9.17) is 5.84 Å². The van der Waals surface area contributed by atoms with Gasteiger partial charge in [0.05, 0.1) is 0 Å². The minimum absolute atomic E-state index is 0.427. The maximum Gasteiger partial charge on any atom is 0.238 e. The van der Waals surface area contributed by atoms with Crippen LogP contribution in [-0.4, -0.2) is 15.0 Å². The molecule has 0 aromatic carbocycles. The summed E-state index contributed by atoms with van der Waals surface area (Å²) in [6, 6.07) is 1.90. The van der Waals surface area contributed by atoms with Crippen LogP contribution in [0, 0.1) is 13.8 Å². The van der Waals surface area contributed by atoms with Crippen molar-refractivity contribution in [2.75, 3.05) is 5.43 Å². The van der Waals surface area contributed by atoms with Crippen LogP contribution in [0.5, 0.6) is 0 Å². The number of nitrogen functional groups attached to an aromatic ring is 1. The maximum absolute atomic E-state index is 5.29. The van der Waals surface area contributed by atoms with Crippen LogP contribution in [-0.2, 0) is 0 Å². The van der Waals surface area contributed by atoms with Gasteiger partial charge in [0.1, 0.15) is 5.03 Å². The average molecular weight is 253 g/mol. The van der Waals surface area contributed by atoms with Crippen molar-refractivity contribution >= 4 is 29.0 Å². The van der Waals surface area contributed by atoms with Crippen LogP contribution in [0.1, 0.15) is 11.4 Å². The largest absolute Gasteiger partial charge is 0.292 e. The first kappa shape index (κ1) is 11.3. The van der Waals surface area contributed by atoms with Crippen molar-refractivity contribution in [3.8, 4) is 0 Å². The first-order chi connectivity index (χ1) is 7.67. The summed E-state index contributed by atoms with van der Waals surface area (Å²) >= 11 is 3.12. The molecule has 84 valence electrons. The lowest BCUT2D eigenvalue weighted by molar-refractivity contribution is 0.992. The first-order valence-corrected chi connectivity index (χ1v) is 6.29.